The van der Waals surface area contributed by atoms with Crippen molar-refractivity contribution in [3.63, 3.8) is 0 Å². The third-order valence-corrected chi connectivity index (χ3v) is 4.88. The maximum Gasteiger partial charge on any atom is 0.573 e. The first-order valence-corrected chi connectivity index (χ1v) is 8.95. The van der Waals surface area contributed by atoms with E-state index in [1.54, 1.807) is 0 Å². The van der Waals surface area contributed by atoms with Crippen LogP contribution in [-0.2, 0) is 10.0 Å². The SMILES string of the molecule is CC(=O)c1ccc(NS(=O)(=O)c2ccc(Br)cc2OC(F)(F)F)cc1. The van der Waals surface area contributed by atoms with Crippen LogP contribution < -0.4 is 9.46 Å². The van der Waals surface area contributed by atoms with Crippen molar-refractivity contribution in [1.82, 2.24) is 0 Å². The van der Waals surface area contributed by atoms with Crippen LogP contribution in [0.15, 0.2) is 51.8 Å². The highest BCUT2D eigenvalue weighted by Crippen LogP contribution is 2.33. The summed E-state index contributed by atoms with van der Waals surface area (Å²) in [6.45, 7) is 1.35. The molecule has 0 aliphatic heterocycles. The molecule has 2 rings (SSSR count). The largest absolute Gasteiger partial charge is 0.573 e. The molecule has 0 saturated carbocycles. The molecule has 0 saturated heterocycles. The molecule has 2 aromatic rings. The molecular weight excluding hydrogens is 427 g/mol. The number of benzene rings is 2. The Morgan fingerprint density at radius 1 is 1.12 bits per heavy atom. The second-order valence-corrected chi connectivity index (χ2v) is 7.44. The molecule has 2 aromatic carbocycles. The quantitative estimate of drug-likeness (QED) is 0.705. The number of alkyl halides is 3. The number of halogens is 4. The van der Waals surface area contributed by atoms with Gasteiger partial charge in [-0.25, -0.2) is 8.42 Å². The number of rotatable bonds is 5. The molecule has 0 heterocycles. The summed E-state index contributed by atoms with van der Waals surface area (Å²) in [4.78, 5) is 10.5. The van der Waals surface area contributed by atoms with E-state index in [4.69, 9.17) is 0 Å². The van der Waals surface area contributed by atoms with E-state index in [9.17, 15) is 26.4 Å². The molecule has 0 fully saturated rings. The summed E-state index contributed by atoms with van der Waals surface area (Å²) in [5, 5.41) is 0. The number of carbonyl (C=O) groups is 1. The Hall–Kier alpha value is -2.07. The van der Waals surface area contributed by atoms with Crippen LogP contribution in [0.3, 0.4) is 0 Å². The van der Waals surface area contributed by atoms with Gasteiger partial charge in [0.05, 0.1) is 0 Å². The van der Waals surface area contributed by atoms with Crippen LogP contribution in [0.4, 0.5) is 18.9 Å². The fourth-order valence-corrected chi connectivity index (χ4v) is 3.40. The van der Waals surface area contributed by atoms with Crippen molar-refractivity contribution in [2.45, 2.75) is 18.2 Å². The van der Waals surface area contributed by atoms with Gasteiger partial charge < -0.3 is 4.74 Å². The number of nitrogens with one attached hydrogen (secondary N) is 1. The minimum Gasteiger partial charge on any atom is -0.404 e. The Morgan fingerprint density at radius 2 is 1.72 bits per heavy atom. The number of hydrogen-bond donors (Lipinski definition) is 1. The summed E-state index contributed by atoms with van der Waals surface area (Å²) < 4.78 is 68.5. The monoisotopic (exact) mass is 437 g/mol. The van der Waals surface area contributed by atoms with Gasteiger partial charge in [0.25, 0.3) is 10.0 Å². The molecule has 0 unspecified atom stereocenters. The van der Waals surface area contributed by atoms with E-state index in [0.717, 1.165) is 12.1 Å². The minimum absolute atomic E-state index is 0.0888. The van der Waals surface area contributed by atoms with Crippen LogP contribution in [0.25, 0.3) is 0 Å². The number of anilines is 1. The van der Waals surface area contributed by atoms with E-state index >= 15 is 0 Å². The molecule has 0 atom stereocenters. The summed E-state index contributed by atoms with van der Waals surface area (Å²) in [7, 11) is -4.35. The molecule has 0 amide bonds. The molecule has 5 nitrogen and oxygen atoms in total. The van der Waals surface area contributed by atoms with Crippen molar-refractivity contribution in [3.8, 4) is 5.75 Å². The Labute approximate surface area is 150 Å². The molecule has 0 aromatic heterocycles. The normalized spacial score (nSPS) is 11.9. The summed E-state index contributed by atoms with van der Waals surface area (Å²) >= 11 is 2.96. The lowest BCUT2D eigenvalue weighted by Gasteiger charge is -2.15. The topological polar surface area (TPSA) is 72.5 Å². The highest BCUT2D eigenvalue weighted by molar-refractivity contribution is 9.10. The molecule has 0 aliphatic carbocycles. The molecule has 0 aliphatic rings. The first kappa shape index (κ1) is 19.3. The summed E-state index contributed by atoms with van der Waals surface area (Å²) in [6, 6.07) is 8.62. The predicted octanol–water partition coefficient (Wildman–Crippen LogP) is 4.35. The second-order valence-electron chi connectivity index (χ2n) is 4.88. The number of ether oxygens (including phenoxy) is 1. The van der Waals surface area contributed by atoms with Crippen molar-refractivity contribution >= 4 is 37.4 Å². The van der Waals surface area contributed by atoms with Crippen molar-refractivity contribution in [2.75, 3.05) is 4.72 Å². The Morgan fingerprint density at radius 3 is 2.24 bits per heavy atom. The Bertz CT molecular complexity index is 896. The van der Waals surface area contributed by atoms with E-state index in [-0.39, 0.29) is 15.9 Å². The van der Waals surface area contributed by atoms with Crippen molar-refractivity contribution < 1.29 is 31.1 Å². The van der Waals surface area contributed by atoms with E-state index < -0.39 is 27.0 Å². The average Bonchev–Trinajstić information content (AvgIpc) is 2.45. The van der Waals surface area contributed by atoms with Crippen molar-refractivity contribution in [1.29, 1.82) is 0 Å². The number of carbonyl (C=O) groups excluding carboxylic acids is 1. The van der Waals surface area contributed by atoms with Gasteiger partial charge >= 0.3 is 6.36 Å². The minimum atomic E-state index is -5.05. The highest BCUT2D eigenvalue weighted by atomic mass is 79.9. The van der Waals surface area contributed by atoms with E-state index in [0.29, 0.717) is 5.56 Å². The van der Waals surface area contributed by atoms with E-state index in [2.05, 4.69) is 25.4 Å². The maximum atomic E-state index is 12.5. The summed E-state index contributed by atoms with van der Waals surface area (Å²) in [5.41, 5.74) is 0.457. The third kappa shape index (κ3) is 5.20. The van der Waals surface area contributed by atoms with Crippen LogP contribution in [0.5, 0.6) is 5.75 Å². The number of ketones is 1. The summed E-state index contributed by atoms with van der Waals surface area (Å²) in [5.74, 6) is -1.07. The van der Waals surface area contributed by atoms with Crippen LogP contribution in [0.2, 0.25) is 0 Å². The molecule has 0 spiro atoms. The van der Waals surface area contributed by atoms with Gasteiger partial charge in [-0.1, -0.05) is 15.9 Å². The molecule has 0 bridgehead atoms. The average molecular weight is 438 g/mol. The highest BCUT2D eigenvalue weighted by Gasteiger charge is 2.34. The first-order chi connectivity index (χ1) is 11.5. The Balaban J connectivity index is 2.37. The number of sulfonamides is 1. The zero-order valence-corrected chi connectivity index (χ0v) is 15.0. The van der Waals surface area contributed by atoms with Crippen LogP contribution >= 0.6 is 15.9 Å². The molecular formula is C15H11BrF3NO4S. The van der Waals surface area contributed by atoms with Gasteiger partial charge in [0.1, 0.15) is 4.90 Å². The van der Waals surface area contributed by atoms with Crippen LogP contribution in [0, 0.1) is 0 Å². The fraction of sp³-hybridized carbons (Fsp3) is 0.133. The van der Waals surface area contributed by atoms with Gasteiger partial charge in [0.2, 0.25) is 0 Å². The lowest BCUT2D eigenvalue weighted by molar-refractivity contribution is -0.275. The number of Topliss-reactive ketones (excluding diaryl/α,β-unsaturated/α-hetero) is 1. The van der Waals surface area contributed by atoms with Gasteiger partial charge in [-0.15, -0.1) is 13.2 Å². The maximum absolute atomic E-state index is 12.5. The fourth-order valence-electron chi connectivity index (χ4n) is 1.89. The van der Waals surface area contributed by atoms with Crippen LogP contribution in [-0.4, -0.2) is 20.6 Å². The van der Waals surface area contributed by atoms with E-state index in [1.165, 1.54) is 37.3 Å². The third-order valence-electron chi connectivity index (χ3n) is 2.96. The van der Waals surface area contributed by atoms with Gasteiger partial charge in [0, 0.05) is 15.7 Å². The van der Waals surface area contributed by atoms with Crippen molar-refractivity contribution in [3.05, 3.63) is 52.5 Å². The lowest BCUT2D eigenvalue weighted by Crippen LogP contribution is -2.21. The van der Waals surface area contributed by atoms with Crippen LogP contribution in [0.1, 0.15) is 17.3 Å². The van der Waals surface area contributed by atoms with Gasteiger partial charge in [-0.2, -0.15) is 0 Å². The Kier molecular flexibility index (Phi) is 5.43. The number of hydrogen-bond acceptors (Lipinski definition) is 4. The molecule has 1 N–H and O–H groups in total. The van der Waals surface area contributed by atoms with Gasteiger partial charge in [-0.3, -0.25) is 9.52 Å². The van der Waals surface area contributed by atoms with E-state index in [1.807, 2.05) is 0 Å². The standard InChI is InChI=1S/C15H11BrF3NO4S/c1-9(21)10-2-5-12(6-3-10)20-25(22,23)14-7-4-11(16)8-13(14)24-15(17,18)19/h2-8,20H,1H3. The first-order valence-electron chi connectivity index (χ1n) is 6.67. The predicted molar refractivity (Wildman–Crippen MR) is 88.1 cm³/mol. The molecule has 0 radical (unpaired) electrons. The molecule has 10 heteroatoms. The van der Waals surface area contributed by atoms with Gasteiger partial charge in [0.15, 0.2) is 11.5 Å². The lowest BCUT2D eigenvalue weighted by atomic mass is 10.1. The zero-order chi connectivity index (χ0) is 18.8. The zero-order valence-electron chi connectivity index (χ0n) is 12.6. The smallest absolute Gasteiger partial charge is 0.404 e. The van der Waals surface area contributed by atoms with Gasteiger partial charge in [-0.05, 0) is 49.4 Å². The molecule has 134 valence electrons. The molecule has 25 heavy (non-hydrogen) atoms. The second kappa shape index (κ2) is 7.04. The summed E-state index contributed by atoms with van der Waals surface area (Å²) in [6.07, 6.45) is -5.05. The van der Waals surface area contributed by atoms with Crippen molar-refractivity contribution in [2.24, 2.45) is 0 Å².